The summed E-state index contributed by atoms with van der Waals surface area (Å²) in [5, 5.41) is 2.44. The minimum atomic E-state index is -4.55. The summed E-state index contributed by atoms with van der Waals surface area (Å²) >= 11 is 0. The number of carbonyl (C=O) groups is 1. The third-order valence-electron chi connectivity index (χ3n) is 3.89. The molecule has 8 heteroatoms. The second-order valence-corrected chi connectivity index (χ2v) is 5.89. The molecule has 0 saturated heterocycles. The monoisotopic (exact) mass is 390 g/mol. The van der Waals surface area contributed by atoms with E-state index in [1.165, 1.54) is 6.07 Å². The van der Waals surface area contributed by atoms with Crippen LogP contribution in [0.25, 0.3) is 11.5 Å². The van der Waals surface area contributed by atoms with Crippen molar-refractivity contribution in [1.29, 1.82) is 0 Å². The molecule has 3 aromatic rings. The predicted molar refractivity (Wildman–Crippen MR) is 97.2 cm³/mol. The molecule has 1 amide bonds. The number of anilines is 1. The average Bonchev–Trinajstić information content (AvgIpc) is 3.05. The highest BCUT2D eigenvalue weighted by atomic mass is 19.4. The molecule has 2 aromatic carbocycles. The highest BCUT2D eigenvalue weighted by molar-refractivity contribution is 6.04. The predicted octanol–water partition coefficient (Wildman–Crippen LogP) is 5.32. The number of halogens is 3. The van der Waals surface area contributed by atoms with Crippen LogP contribution in [0.5, 0.6) is 5.75 Å². The second kappa shape index (κ2) is 7.75. The molecule has 0 radical (unpaired) electrons. The fraction of sp³-hybridized carbons (Fsp3) is 0.200. The van der Waals surface area contributed by atoms with E-state index in [-0.39, 0.29) is 35.4 Å². The molecule has 0 aliphatic heterocycles. The van der Waals surface area contributed by atoms with Gasteiger partial charge in [0.2, 0.25) is 5.89 Å². The minimum absolute atomic E-state index is 0.0151. The number of carbonyl (C=O) groups excluding carboxylic acids is 1. The van der Waals surface area contributed by atoms with Crippen LogP contribution in [0.1, 0.15) is 28.7 Å². The topological polar surface area (TPSA) is 64.4 Å². The molecule has 3 rings (SSSR count). The molecule has 0 unspecified atom stereocenters. The molecule has 28 heavy (non-hydrogen) atoms. The van der Waals surface area contributed by atoms with Crippen molar-refractivity contribution < 1.29 is 27.1 Å². The quantitative estimate of drug-likeness (QED) is 0.640. The van der Waals surface area contributed by atoms with Crippen LogP contribution < -0.4 is 10.1 Å². The van der Waals surface area contributed by atoms with Crippen molar-refractivity contribution in [3.8, 4) is 17.2 Å². The average molecular weight is 390 g/mol. The number of hydrogen-bond donors (Lipinski definition) is 1. The first-order valence-corrected chi connectivity index (χ1v) is 8.48. The highest BCUT2D eigenvalue weighted by Crippen LogP contribution is 2.35. The number of nitrogens with zero attached hydrogens (tertiary/aromatic N) is 1. The van der Waals surface area contributed by atoms with Gasteiger partial charge in [-0.3, -0.25) is 4.79 Å². The van der Waals surface area contributed by atoms with E-state index in [2.05, 4.69) is 10.3 Å². The van der Waals surface area contributed by atoms with Crippen molar-refractivity contribution in [3.05, 3.63) is 65.5 Å². The SMILES string of the molecule is CCOc1ccc(C(F)(F)F)cc1NC(=O)c1nc(-c2ccccc2)oc1C. The summed E-state index contributed by atoms with van der Waals surface area (Å²) in [4.78, 5) is 16.8. The minimum Gasteiger partial charge on any atom is -0.492 e. The molecule has 1 aromatic heterocycles. The number of oxazole rings is 1. The largest absolute Gasteiger partial charge is 0.492 e. The van der Waals surface area contributed by atoms with Gasteiger partial charge in [-0.1, -0.05) is 18.2 Å². The number of amides is 1. The summed E-state index contributed by atoms with van der Waals surface area (Å²) in [5.41, 5.74) is -0.323. The number of nitrogens with one attached hydrogen (secondary N) is 1. The lowest BCUT2D eigenvalue weighted by Crippen LogP contribution is -2.16. The first kappa shape index (κ1) is 19.5. The van der Waals surface area contributed by atoms with Crippen LogP contribution in [0.2, 0.25) is 0 Å². The molecule has 0 saturated carbocycles. The number of alkyl halides is 3. The maximum absolute atomic E-state index is 13.0. The highest BCUT2D eigenvalue weighted by Gasteiger charge is 2.31. The fourth-order valence-corrected chi connectivity index (χ4v) is 2.58. The van der Waals surface area contributed by atoms with Gasteiger partial charge in [0, 0.05) is 5.56 Å². The zero-order valence-electron chi connectivity index (χ0n) is 15.1. The Bertz CT molecular complexity index is 982. The van der Waals surface area contributed by atoms with Gasteiger partial charge in [-0.05, 0) is 44.2 Å². The van der Waals surface area contributed by atoms with Crippen molar-refractivity contribution >= 4 is 11.6 Å². The van der Waals surface area contributed by atoms with Crippen LogP contribution in [-0.4, -0.2) is 17.5 Å². The lowest BCUT2D eigenvalue weighted by molar-refractivity contribution is -0.137. The summed E-state index contributed by atoms with van der Waals surface area (Å²) in [6, 6.07) is 11.9. The van der Waals surface area contributed by atoms with Crippen LogP contribution in [-0.2, 0) is 6.18 Å². The van der Waals surface area contributed by atoms with Crippen LogP contribution in [0.15, 0.2) is 52.9 Å². The van der Waals surface area contributed by atoms with Crippen molar-refractivity contribution in [1.82, 2.24) is 4.98 Å². The van der Waals surface area contributed by atoms with Gasteiger partial charge in [0.05, 0.1) is 17.9 Å². The van der Waals surface area contributed by atoms with Crippen LogP contribution >= 0.6 is 0 Å². The van der Waals surface area contributed by atoms with Crippen molar-refractivity contribution in [3.63, 3.8) is 0 Å². The van der Waals surface area contributed by atoms with Crippen LogP contribution in [0, 0.1) is 6.92 Å². The van der Waals surface area contributed by atoms with Gasteiger partial charge in [-0.2, -0.15) is 13.2 Å². The number of benzene rings is 2. The van der Waals surface area contributed by atoms with Gasteiger partial charge < -0.3 is 14.5 Å². The second-order valence-electron chi connectivity index (χ2n) is 5.89. The number of hydrogen-bond acceptors (Lipinski definition) is 4. The first-order chi connectivity index (χ1) is 13.3. The maximum Gasteiger partial charge on any atom is 0.416 e. The summed E-state index contributed by atoms with van der Waals surface area (Å²) in [6.45, 7) is 3.48. The van der Waals surface area contributed by atoms with E-state index in [1.54, 1.807) is 38.1 Å². The summed E-state index contributed by atoms with van der Waals surface area (Å²) in [5.74, 6) is -0.0596. The summed E-state index contributed by atoms with van der Waals surface area (Å²) in [7, 11) is 0. The van der Waals surface area contributed by atoms with E-state index in [0.29, 0.717) is 5.56 Å². The Labute approximate surface area is 159 Å². The number of ether oxygens (including phenoxy) is 1. The zero-order chi connectivity index (χ0) is 20.3. The lowest BCUT2D eigenvalue weighted by atomic mass is 10.1. The standard InChI is InChI=1S/C20H17F3N2O3/c1-3-27-16-10-9-14(20(21,22)23)11-15(16)24-18(26)17-12(2)28-19(25-17)13-7-5-4-6-8-13/h4-11H,3H2,1-2H3,(H,24,26). The molecule has 0 aliphatic carbocycles. The van der Waals surface area contributed by atoms with Crippen LogP contribution in [0.3, 0.4) is 0 Å². The molecule has 0 spiro atoms. The molecule has 5 nitrogen and oxygen atoms in total. The first-order valence-electron chi connectivity index (χ1n) is 8.48. The van der Waals surface area contributed by atoms with E-state index < -0.39 is 17.6 Å². The number of aromatic nitrogens is 1. The van der Waals surface area contributed by atoms with E-state index in [1.807, 2.05) is 6.07 Å². The Morgan fingerprint density at radius 1 is 1.18 bits per heavy atom. The smallest absolute Gasteiger partial charge is 0.416 e. The molecule has 1 heterocycles. The van der Waals surface area contributed by atoms with E-state index in [4.69, 9.17) is 9.15 Å². The molecule has 1 N–H and O–H groups in total. The van der Waals surface area contributed by atoms with Crippen molar-refractivity contribution in [2.24, 2.45) is 0 Å². The van der Waals surface area contributed by atoms with Gasteiger partial charge in [0.15, 0.2) is 5.69 Å². The molecule has 0 aliphatic rings. The molecule has 0 bridgehead atoms. The Morgan fingerprint density at radius 2 is 1.89 bits per heavy atom. The van der Waals surface area contributed by atoms with Gasteiger partial charge in [-0.15, -0.1) is 0 Å². The Hall–Kier alpha value is -3.29. The van der Waals surface area contributed by atoms with Gasteiger partial charge in [-0.25, -0.2) is 4.98 Å². The molecular weight excluding hydrogens is 373 g/mol. The normalized spacial score (nSPS) is 11.3. The molecule has 0 atom stereocenters. The third-order valence-corrected chi connectivity index (χ3v) is 3.89. The van der Waals surface area contributed by atoms with Crippen molar-refractivity contribution in [2.45, 2.75) is 20.0 Å². The third kappa shape index (κ3) is 4.16. The number of aryl methyl sites for hydroxylation is 1. The van der Waals surface area contributed by atoms with Crippen molar-refractivity contribution in [2.75, 3.05) is 11.9 Å². The van der Waals surface area contributed by atoms with Gasteiger partial charge >= 0.3 is 6.18 Å². The van der Waals surface area contributed by atoms with E-state index in [9.17, 15) is 18.0 Å². The molecule has 0 fully saturated rings. The maximum atomic E-state index is 13.0. The number of rotatable bonds is 5. The Kier molecular flexibility index (Phi) is 5.39. The van der Waals surface area contributed by atoms with Gasteiger partial charge in [0.1, 0.15) is 11.5 Å². The van der Waals surface area contributed by atoms with Gasteiger partial charge in [0.25, 0.3) is 5.91 Å². The molecule has 146 valence electrons. The summed E-state index contributed by atoms with van der Waals surface area (Å²) < 4.78 is 49.9. The lowest BCUT2D eigenvalue weighted by Gasteiger charge is -2.14. The Morgan fingerprint density at radius 3 is 2.54 bits per heavy atom. The fourth-order valence-electron chi connectivity index (χ4n) is 2.58. The zero-order valence-corrected chi connectivity index (χ0v) is 15.1. The Balaban J connectivity index is 1.91. The van der Waals surface area contributed by atoms with E-state index >= 15 is 0 Å². The van der Waals surface area contributed by atoms with Crippen LogP contribution in [0.4, 0.5) is 18.9 Å². The van der Waals surface area contributed by atoms with E-state index in [0.717, 1.165) is 12.1 Å². The molecular formula is C20H17F3N2O3. The summed E-state index contributed by atoms with van der Waals surface area (Å²) in [6.07, 6.45) is -4.55.